The maximum atomic E-state index is 13.0. The van der Waals surface area contributed by atoms with E-state index in [0.717, 1.165) is 10.2 Å². The Morgan fingerprint density at radius 3 is 2.66 bits per heavy atom. The molecule has 1 aliphatic rings. The van der Waals surface area contributed by atoms with Crippen molar-refractivity contribution >= 4 is 5.91 Å². The normalized spacial score (nSPS) is 13.7. The van der Waals surface area contributed by atoms with Gasteiger partial charge in [0.2, 0.25) is 11.8 Å². The summed E-state index contributed by atoms with van der Waals surface area (Å²) in [5.41, 5.74) is 1.27. The summed E-state index contributed by atoms with van der Waals surface area (Å²) >= 11 is 0. The summed E-state index contributed by atoms with van der Waals surface area (Å²) in [6.07, 6.45) is 0. The summed E-state index contributed by atoms with van der Waals surface area (Å²) in [5, 5.41) is 6.81. The van der Waals surface area contributed by atoms with Crippen LogP contribution < -0.4 is 20.5 Å². The Hall–Kier alpha value is -3.62. The minimum Gasteiger partial charge on any atom is -0.486 e. The summed E-state index contributed by atoms with van der Waals surface area (Å²) < 4.78 is 30.0. The molecule has 1 N–H and O–H groups in total. The van der Waals surface area contributed by atoms with Crippen LogP contribution in [-0.2, 0) is 11.3 Å². The molecule has 0 aliphatic carbocycles. The van der Waals surface area contributed by atoms with Crippen molar-refractivity contribution in [1.82, 2.24) is 15.1 Å². The maximum absolute atomic E-state index is 13.0. The summed E-state index contributed by atoms with van der Waals surface area (Å²) in [4.78, 5) is 24.4. The smallest absolute Gasteiger partial charge is 0.437 e. The van der Waals surface area contributed by atoms with E-state index in [0.29, 0.717) is 30.3 Å². The number of nitrogens with zero attached hydrogens (tertiary/aromatic N) is 2. The lowest BCUT2D eigenvalue weighted by molar-refractivity contribution is -0.122. The molecular formula is C20H18FN3O5. The van der Waals surface area contributed by atoms with Gasteiger partial charge in [-0.15, -0.1) is 5.10 Å². The second kappa shape index (κ2) is 7.78. The first-order chi connectivity index (χ1) is 14.0. The average Bonchev–Trinajstić information content (AvgIpc) is 3.08. The van der Waals surface area contributed by atoms with Gasteiger partial charge < -0.3 is 19.2 Å². The number of halogens is 1. The SMILES string of the molecule is C[C@H](NC(=O)Cn1nc(-c2ccc(F)cc2)oc1=O)c1ccc2c(c1)OCCO2. The molecule has 0 bridgehead atoms. The molecular weight excluding hydrogens is 381 g/mol. The number of nitrogens with one attached hydrogen (secondary N) is 1. The second-order valence-corrected chi connectivity index (χ2v) is 6.53. The van der Waals surface area contributed by atoms with Crippen LogP contribution in [0.1, 0.15) is 18.5 Å². The third kappa shape index (κ3) is 4.13. The van der Waals surface area contributed by atoms with E-state index >= 15 is 0 Å². The van der Waals surface area contributed by atoms with E-state index in [1.165, 1.54) is 24.3 Å². The molecule has 1 aromatic heterocycles. The van der Waals surface area contributed by atoms with Crippen LogP contribution >= 0.6 is 0 Å². The monoisotopic (exact) mass is 399 g/mol. The number of carbonyl (C=O) groups is 1. The van der Waals surface area contributed by atoms with Gasteiger partial charge in [0, 0.05) is 5.56 Å². The van der Waals surface area contributed by atoms with Gasteiger partial charge in [0.05, 0.1) is 6.04 Å². The van der Waals surface area contributed by atoms with Crippen molar-refractivity contribution < 1.29 is 23.1 Å². The molecule has 2 aromatic carbocycles. The molecule has 4 rings (SSSR count). The van der Waals surface area contributed by atoms with Crippen LogP contribution in [0.5, 0.6) is 11.5 Å². The van der Waals surface area contributed by atoms with Gasteiger partial charge in [0.25, 0.3) is 0 Å². The molecule has 1 aliphatic heterocycles. The topological polar surface area (TPSA) is 95.6 Å². The van der Waals surface area contributed by atoms with E-state index in [1.54, 1.807) is 6.07 Å². The molecule has 150 valence electrons. The van der Waals surface area contributed by atoms with Crippen molar-refractivity contribution in [2.45, 2.75) is 19.5 Å². The van der Waals surface area contributed by atoms with Gasteiger partial charge in [-0.3, -0.25) is 4.79 Å². The number of fused-ring (bicyclic) bond motifs is 1. The highest BCUT2D eigenvalue weighted by Crippen LogP contribution is 2.32. The van der Waals surface area contributed by atoms with Crippen LogP contribution in [0.15, 0.2) is 51.7 Å². The number of amides is 1. The van der Waals surface area contributed by atoms with E-state index < -0.39 is 17.5 Å². The van der Waals surface area contributed by atoms with E-state index in [9.17, 15) is 14.0 Å². The summed E-state index contributed by atoms with van der Waals surface area (Å²) in [7, 11) is 0. The minimum absolute atomic E-state index is 0.0164. The second-order valence-electron chi connectivity index (χ2n) is 6.53. The minimum atomic E-state index is -0.772. The highest BCUT2D eigenvalue weighted by molar-refractivity contribution is 5.76. The van der Waals surface area contributed by atoms with Gasteiger partial charge in [0.15, 0.2) is 11.5 Å². The van der Waals surface area contributed by atoms with Crippen LogP contribution in [-0.4, -0.2) is 28.9 Å². The van der Waals surface area contributed by atoms with Crippen LogP contribution in [0.3, 0.4) is 0 Å². The van der Waals surface area contributed by atoms with E-state index in [4.69, 9.17) is 13.9 Å². The molecule has 0 fully saturated rings. The number of rotatable bonds is 5. The number of benzene rings is 2. The molecule has 29 heavy (non-hydrogen) atoms. The van der Waals surface area contributed by atoms with Crippen molar-refractivity contribution in [2.24, 2.45) is 0 Å². The van der Waals surface area contributed by atoms with Crippen LogP contribution in [0, 0.1) is 5.82 Å². The predicted octanol–water partition coefficient (Wildman–Crippen LogP) is 2.29. The Bertz CT molecular complexity index is 1090. The number of aromatic nitrogens is 2. The Kier molecular flexibility index (Phi) is 5.03. The molecule has 2 heterocycles. The number of hydrogen-bond acceptors (Lipinski definition) is 6. The Labute approximate surface area is 164 Å². The standard InChI is InChI=1S/C20H18FN3O5/c1-12(14-4-7-16-17(10-14)28-9-8-27-16)22-18(25)11-24-20(26)29-19(23-24)13-2-5-15(21)6-3-13/h2-7,10,12H,8-9,11H2,1H3,(H,22,25)/t12-/m0/s1. The largest absolute Gasteiger partial charge is 0.486 e. The van der Waals surface area contributed by atoms with Gasteiger partial charge in [-0.1, -0.05) is 6.07 Å². The lowest BCUT2D eigenvalue weighted by atomic mass is 10.1. The van der Waals surface area contributed by atoms with E-state index in [-0.39, 0.29) is 18.5 Å². The fraction of sp³-hybridized carbons (Fsp3) is 0.250. The third-order valence-corrected chi connectivity index (χ3v) is 4.43. The molecule has 9 heteroatoms. The highest BCUT2D eigenvalue weighted by atomic mass is 19.1. The molecule has 3 aromatic rings. The van der Waals surface area contributed by atoms with Crippen molar-refractivity contribution in [3.8, 4) is 23.0 Å². The summed E-state index contributed by atoms with van der Waals surface area (Å²) in [6.45, 7) is 2.49. The van der Waals surface area contributed by atoms with E-state index in [1.807, 2.05) is 19.1 Å². The van der Waals surface area contributed by atoms with Crippen LogP contribution in [0.4, 0.5) is 4.39 Å². The molecule has 0 unspecified atom stereocenters. The molecule has 1 atom stereocenters. The first-order valence-corrected chi connectivity index (χ1v) is 9.02. The van der Waals surface area contributed by atoms with Crippen LogP contribution in [0.2, 0.25) is 0 Å². The van der Waals surface area contributed by atoms with Crippen molar-refractivity contribution in [3.05, 3.63) is 64.4 Å². The van der Waals surface area contributed by atoms with Gasteiger partial charge >= 0.3 is 5.76 Å². The molecule has 0 saturated carbocycles. The Morgan fingerprint density at radius 2 is 1.90 bits per heavy atom. The van der Waals surface area contributed by atoms with Crippen molar-refractivity contribution in [1.29, 1.82) is 0 Å². The Balaban J connectivity index is 1.43. The van der Waals surface area contributed by atoms with Crippen molar-refractivity contribution in [2.75, 3.05) is 13.2 Å². The van der Waals surface area contributed by atoms with E-state index in [2.05, 4.69) is 10.4 Å². The van der Waals surface area contributed by atoms with Crippen molar-refractivity contribution in [3.63, 3.8) is 0 Å². The fourth-order valence-electron chi connectivity index (χ4n) is 2.95. The molecule has 0 radical (unpaired) electrons. The van der Waals surface area contributed by atoms with Gasteiger partial charge in [-0.2, -0.15) is 4.68 Å². The average molecular weight is 399 g/mol. The first kappa shape index (κ1) is 18.7. The molecule has 1 amide bonds. The van der Waals surface area contributed by atoms with Gasteiger partial charge in [0.1, 0.15) is 25.6 Å². The predicted molar refractivity (Wildman–Crippen MR) is 100 cm³/mol. The number of ether oxygens (including phenoxy) is 2. The highest BCUT2D eigenvalue weighted by Gasteiger charge is 2.18. The lowest BCUT2D eigenvalue weighted by Crippen LogP contribution is -2.33. The zero-order valence-corrected chi connectivity index (χ0v) is 15.6. The summed E-state index contributed by atoms with van der Waals surface area (Å²) in [6, 6.07) is 10.5. The Morgan fingerprint density at radius 1 is 1.17 bits per heavy atom. The third-order valence-electron chi connectivity index (χ3n) is 4.43. The maximum Gasteiger partial charge on any atom is 0.437 e. The van der Waals surface area contributed by atoms with Gasteiger partial charge in [-0.25, -0.2) is 9.18 Å². The fourth-order valence-corrected chi connectivity index (χ4v) is 2.95. The number of carbonyl (C=O) groups excluding carboxylic acids is 1. The lowest BCUT2D eigenvalue weighted by Gasteiger charge is -2.21. The summed E-state index contributed by atoms with van der Waals surface area (Å²) in [5.74, 6) is -0.280. The van der Waals surface area contributed by atoms with Gasteiger partial charge in [-0.05, 0) is 48.9 Å². The zero-order chi connectivity index (χ0) is 20.4. The zero-order valence-electron chi connectivity index (χ0n) is 15.6. The molecule has 0 saturated heterocycles. The number of hydrogen-bond donors (Lipinski definition) is 1. The quantitative estimate of drug-likeness (QED) is 0.707. The molecule has 0 spiro atoms. The first-order valence-electron chi connectivity index (χ1n) is 9.02. The van der Waals surface area contributed by atoms with Crippen LogP contribution in [0.25, 0.3) is 11.5 Å². The molecule has 8 nitrogen and oxygen atoms in total.